The lowest BCUT2D eigenvalue weighted by molar-refractivity contribution is 0.415. The Hall–Kier alpha value is -4.65. The molecule has 2 aromatic heterocycles. The van der Waals surface area contributed by atoms with Gasteiger partial charge in [-0.25, -0.2) is 4.98 Å². The van der Waals surface area contributed by atoms with Crippen molar-refractivity contribution < 1.29 is 9.47 Å². The van der Waals surface area contributed by atoms with Gasteiger partial charge in [-0.15, -0.1) is 0 Å². The fourth-order valence-corrected chi connectivity index (χ4v) is 4.20. The van der Waals surface area contributed by atoms with Crippen LogP contribution in [0.15, 0.2) is 78.9 Å². The Morgan fingerprint density at radius 2 is 1.37 bits per heavy atom. The van der Waals surface area contributed by atoms with E-state index in [2.05, 4.69) is 41.2 Å². The minimum atomic E-state index is -0.00560. The molecule has 4 N–H and O–H groups in total. The number of ether oxygens (including phenoxy) is 2. The van der Waals surface area contributed by atoms with Gasteiger partial charge in [0.15, 0.2) is 16.0 Å². The first kappa shape index (κ1) is 27.9. The normalized spacial score (nSPS) is 10.5. The van der Waals surface area contributed by atoms with Gasteiger partial charge < -0.3 is 30.7 Å². The maximum atomic E-state index is 6.10. The van der Waals surface area contributed by atoms with Gasteiger partial charge in [0.25, 0.3) is 0 Å². The summed E-state index contributed by atoms with van der Waals surface area (Å²) in [7, 11) is 1.61. The third-order valence-electron chi connectivity index (χ3n) is 5.57. The van der Waals surface area contributed by atoms with Crippen LogP contribution in [0.1, 0.15) is 5.69 Å². The lowest BCUT2D eigenvalue weighted by Crippen LogP contribution is -2.23. The fourth-order valence-electron chi connectivity index (χ4n) is 3.66. The Bertz CT molecular complexity index is 1720. The van der Waals surface area contributed by atoms with Crippen LogP contribution < -0.4 is 30.7 Å². The van der Waals surface area contributed by atoms with Gasteiger partial charge in [-0.05, 0) is 92.0 Å². The minimum Gasteiger partial charge on any atom is -0.497 e. The lowest BCUT2D eigenvalue weighted by atomic mass is 10.2. The Labute approximate surface area is 251 Å². The van der Waals surface area contributed by atoms with E-state index in [1.54, 1.807) is 31.4 Å². The Balaban J connectivity index is 1.42. The number of para-hydroxylation sites is 1. The number of hydrogen-bond acceptors (Lipinski definition) is 8. The number of halogens is 1. The first-order chi connectivity index (χ1) is 19.8. The van der Waals surface area contributed by atoms with Crippen LogP contribution in [-0.2, 0) is 0 Å². The van der Waals surface area contributed by atoms with Crippen molar-refractivity contribution in [2.24, 2.45) is 0 Å². The van der Waals surface area contributed by atoms with Gasteiger partial charge in [0.2, 0.25) is 11.9 Å². The van der Waals surface area contributed by atoms with Gasteiger partial charge in [0, 0.05) is 21.8 Å². The zero-order chi connectivity index (χ0) is 28.8. The van der Waals surface area contributed by atoms with Crippen LogP contribution in [0.2, 0.25) is 5.02 Å². The van der Waals surface area contributed by atoms with Crippen molar-refractivity contribution in [3.05, 3.63) is 89.6 Å². The molecule has 0 spiro atoms. The van der Waals surface area contributed by atoms with Crippen LogP contribution in [-0.4, -0.2) is 37.3 Å². The van der Waals surface area contributed by atoms with Crippen LogP contribution in [0.4, 0.5) is 23.3 Å². The highest BCUT2D eigenvalue weighted by Gasteiger charge is 2.14. The summed E-state index contributed by atoms with van der Waals surface area (Å²) in [5.74, 6) is 1.42. The van der Waals surface area contributed by atoms with Crippen LogP contribution in [0.3, 0.4) is 0 Å². The maximum absolute atomic E-state index is 6.10. The molecule has 0 saturated heterocycles. The first-order valence-corrected chi connectivity index (χ1v) is 13.4. The third-order valence-corrected chi connectivity index (χ3v) is 6.23. The largest absolute Gasteiger partial charge is 0.497 e. The van der Waals surface area contributed by atoms with Crippen molar-refractivity contribution in [3.8, 4) is 17.5 Å². The summed E-state index contributed by atoms with van der Waals surface area (Å²) in [6.45, 7) is 1.84. The number of aromatic nitrogens is 4. The summed E-state index contributed by atoms with van der Waals surface area (Å²) in [5, 5.41) is 14.0. The molecule has 0 atom stereocenters. The van der Waals surface area contributed by atoms with Crippen molar-refractivity contribution in [1.82, 2.24) is 19.9 Å². The molecule has 0 fully saturated rings. The number of methoxy groups -OCH3 is 1. The molecular formula is C28H23ClN8O2S2. The monoisotopic (exact) mass is 602 g/mol. The Kier molecular flexibility index (Phi) is 8.63. The van der Waals surface area contributed by atoms with Gasteiger partial charge >= 0.3 is 6.01 Å². The molecule has 5 rings (SSSR count). The summed E-state index contributed by atoms with van der Waals surface area (Å²) in [6.07, 6.45) is 0. The number of nitrogens with zero attached hydrogens (tertiary/aromatic N) is 4. The molecule has 0 saturated carbocycles. The molecule has 0 aliphatic heterocycles. The van der Waals surface area contributed by atoms with E-state index in [1.165, 1.54) is 0 Å². The van der Waals surface area contributed by atoms with Gasteiger partial charge in [-0.2, -0.15) is 15.0 Å². The van der Waals surface area contributed by atoms with E-state index in [9.17, 15) is 0 Å². The standard InChI is InChI=1S/C28H23ClN8O2S2/c1-16-23(15-17-14-21(38-2)12-13-22(17)30-16)39-26-34-24(36-27(40)31-19-6-4-3-5-7-19)33-25(35-26)37-28(41)32-20-10-8-18(29)9-11-20/h3-15H,1-2H3,(H4,31,32,33,34,35,36,37,40,41). The van der Waals surface area contributed by atoms with Crippen LogP contribution >= 0.6 is 36.0 Å². The van der Waals surface area contributed by atoms with Crippen molar-refractivity contribution in [3.63, 3.8) is 0 Å². The highest BCUT2D eigenvalue weighted by molar-refractivity contribution is 7.81. The molecule has 13 heteroatoms. The highest BCUT2D eigenvalue weighted by Crippen LogP contribution is 2.29. The summed E-state index contributed by atoms with van der Waals surface area (Å²) in [4.78, 5) is 17.9. The highest BCUT2D eigenvalue weighted by atomic mass is 35.5. The summed E-state index contributed by atoms with van der Waals surface area (Å²) in [6, 6.07) is 24.0. The number of pyridine rings is 1. The summed E-state index contributed by atoms with van der Waals surface area (Å²) in [5.41, 5.74) is 2.98. The zero-order valence-corrected chi connectivity index (χ0v) is 24.2. The van der Waals surface area contributed by atoms with Crippen LogP contribution in [0.25, 0.3) is 10.9 Å². The molecule has 0 bridgehead atoms. The SMILES string of the molecule is COc1ccc2nc(C)c(Oc3nc(NC(=S)Nc4ccccc4)nc(NC(=S)Nc4ccc(Cl)cc4)n3)cc2c1. The molecule has 0 aliphatic carbocycles. The Morgan fingerprint density at radius 3 is 2.00 bits per heavy atom. The second-order valence-electron chi connectivity index (χ2n) is 8.53. The number of rotatable bonds is 7. The molecule has 10 nitrogen and oxygen atoms in total. The number of nitrogens with one attached hydrogen (secondary N) is 4. The molecule has 5 aromatic rings. The average molecular weight is 603 g/mol. The summed E-state index contributed by atoms with van der Waals surface area (Å²) >= 11 is 16.9. The van der Waals surface area contributed by atoms with Gasteiger partial charge in [0.1, 0.15) is 5.75 Å². The predicted octanol–water partition coefficient (Wildman–Crippen LogP) is 6.80. The molecule has 0 unspecified atom stereocenters. The third kappa shape index (κ3) is 7.51. The number of thiocarbonyl (C=S) groups is 2. The molecule has 41 heavy (non-hydrogen) atoms. The molecule has 206 valence electrons. The molecule has 2 heterocycles. The van der Waals surface area contributed by atoms with E-state index in [-0.39, 0.29) is 28.1 Å². The number of hydrogen-bond donors (Lipinski definition) is 4. The fraction of sp³-hybridized carbons (Fsp3) is 0.0714. The van der Waals surface area contributed by atoms with Crippen molar-refractivity contribution in [1.29, 1.82) is 0 Å². The van der Waals surface area contributed by atoms with Crippen molar-refractivity contribution in [2.45, 2.75) is 6.92 Å². The molecule has 0 aliphatic rings. The van der Waals surface area contributed by atoms with Crippen LogP contribution in [0, 0.1) is 6.92 Å². The summed E-state index contributed by atoms with van der Waals surface area (Å²) < 4.78 is 11.4. The minimum absolute atomic E-state index is 0.00560. The zero-order valence-electron chi connectivity index (χ0n) is 21.8. The first-order valence-electron chi connectivity index (χ1n) is 12.2. The van der Waals surface area contributed by atoms with E-state index < -0.39 is 0 Å². The molecule has 0 amide bonds. The average Bonchev–Trinajstić information content (AvgIpc) is 2.95. The topological polar surface area (TPSA) is 118 Å². The van der Waals surface area contributed by atoms with Gasteiger partial charge in [0.05, 0.1) is 18.3 Å². The second-order valence-corrected chi connectivity index (χ2v) is 9.78. The van der Waals surface area contributed by atoms with E-state index in [1.807, 2.05) is 61.5 Å². The Morgan fingerprint density at radius 1 is 0.732 bits per heavy atom. The number of benzene rings is 3. The quantitative estimate of drug-likeness (QED) is 0.147. The number of aryl methyl sites for hydroxylation is 1. The van der Waals surface area contributed by atoms with E-state index in [0.29, 0.717) is 22.2 Å². The molecule has 0 radical (unpaired) electrons. The number of anilines is 4. The van der Waals surface area contributed by atoms with Crippen LogP contribution in [0.5, 0.6) is 17.5 Å². The van der Waals surface area contributed by atoms with E-state index in [4.69, 9.17) is 45.5 Å². The van der Waals surface area contributed by atoms with Gasteiger partial charge in [-0.1, -0.05) is 29.8 Å². The molecular weight excluding hydrogens is 580 g/mol. The predicted molar refractivity (Wildman–Crippen MR) is 171 cm³/mol. The van der Waals surface area contributed by atoms with E-state index >= 15 is 0 Å². The maximum Gasteiger partial charge on any atom is 0.328 e. The molecule has 3 aromatic carbocycles. The van der Waals surface area contributed by atoms with Crippen molar-refractivity contribution >= 4 is 80.4 Å². The number of fused-ring (bicyclic) bond motifs is 1. The van der Waals surface area contributed by atoms with Crippen molar-refractivity contribution in [2.75, 3.05) is 28.4 Å². The lowest BCUT2D eigenvalue weighted by Gasteiger charge is -2.14. The smallest absolute Gasteiger partial charge is 0.328 e. The second kappa shape index (κ2) is 12.7. The van der Waals surface area contributed by atoms with E-state index in [0.717, 1.165) is 22.3 Å². The van der Waals surface area contributed by atoms with Gasteiger partial charge in [-0.3, -0.25) is 0 Å².